The van der Waals surface area contributed by atoms with Gasteiger partial charge in [0.15, 0.2) is 11.2 Å². The molecule has 0 radical (unpaired) electrons. The molecule has 2 N–H and O–H groups in total. The van der Waals surface area contributed by atoms with Crippen molar-refractivity contribution < 1.29 is 41.3 Å². The first-order valence-electron chi connectivity index (χ1n) is 14.3. The monoisotopic (exact) mass is 647 g/mol. The number of ether oxygens (including phenoxy) is 3. The molecule has 45 heavy (non-hydrogen) atoms. The normalized spacial score (nSPS) is 18.8. The standard InChI is InChI=1S/C30H32F3N5O6S/c1-4-43-26(39)13-21(20-11-12-38-27(19(20)3)35-36-28(38)30(31,32)33)22-10-9-18(2)23(34-22)14-37-15-29(16-42-17-29)44-24-7-5-6-8-25(24)45(37,40)41/h5-12,21,40-41H,4,13-17H2,1-3H3. The van der Waals surface area contributed by atoms with Gasteiger partial charge in [-0.25, -0.2) is 0 Å². The lowest BCUT2D eigenvalue weighted by Gasteiger charge is -2.46. The van der Waals surface area contributed by atoms with Crippen LogP contribution in [0.2, 0.25) is 0 Å². The highest BCUT2D eigenvalue weighted by molar-refractivity contribution is 8.22. The molecule has 2 aliphatic heterocycles. The number of nitrogens with zero attached hydrogens (tertiary/aromatic N) is 5. The molecule has 2 aliphatic rings. The molecule has 5 heterocycles. The molecule has 240 valence electrons. The lowest BCUT2D eigenvalue weighted by molar-refractivity contribution is -0.165. The maximum atomic E-state index is 13.5. The number of hydrogen-bond acceptors (Lipinski definition) is 10. The predicted octanol–water partition coefficient (Wildman–Crippen LogP) is 5.53. The van der Waals surface area contributed by atoms with Crippen molar-refractivity contribution in [2.24, 2.45) is 0 Å². The first-order valence-corrected chi connectivity index (χ1v) is 15.8. The first kappa shape index (κ1) is 31.2. The average molecular weight is 648 g/mol. The number of hydrogen-bond donors (Lipinski definition) is 2. The number of rotatable bonds is 7. The van der Waals surface area contributed by atoms with Crippen LogP contribution in [0.5, 0.6) is 5.75 Å². The fourth-order valence-electron chi connectivity index (χ4n) is 5.74. The Labute approximate surface area is 258 Å². The maximum absolute atomic E-state index is 13.5. The fourth-order valence-corrected chi connectivity index (χ4v) is 7.38. The summed E-state index contributed by atoms with van der Waals surface area (Å²) in [4.78, 5) is 18.0. The van der Waals surface area contributed by atoms with Crippen LogP contribution in [-0.2, 0) is 27.0 Å². The Morgan fingerprint density at radius 1 is 1.13 bits per heavy atom. The van der Waals surface area contributed by atoms with E-state index in [9.17, 15) is 27.1 Å². The maximum Gasteiger partial charge on any atom is 0.452 e. The van der Waals surface area contributed by atoms with Gasteiger partial charge in [0.1, 0.15) is 10.6 Å². The number of fused-ring (bicyclic) bond motifs is 2. The van der Waals surface area contributed by atoms with Crippen molar-refractivity contribution in [2.45, 2.75) is 56.3 Å². The molecule has 1 unspecified atom stereocenters. The van der Waals surface area contributed by atoms with Crippen molar-refractivity contribution in [2.75, 3.05) is 26.4 Å². The second-order valence-corrected chi connectivity index (χ2v) is 13.2. The van der Waals surface area contributed by atoms with Crippen LogP contribution in [0.25, 0.3) is 5.65 Å². The summed E-state index contributed by atoms with van der Waals surface area (Å²) >= 11 is 0. The summed E-state index contributed by atoms with van der Waals surface area (Å²) in [6.45, 7) is 6.05. The number of esters is 1. The minimum Gasteiger partial charge on any atom is -0.479 e. The zero-order valence-corrected chi connectivity index (χ0v) is 25.6. The van der Waals surface area contributed by atoms with Gasteiger partial charge < -0.3 is 14.2 Å². The zero-order valence-electron chi connectivity index (χ0n) is 24.7. The molecule has 11 nitrogen and oxygen atoms in total. The summed E-state index contributed by atoms with van der Waals surface area (Å²) in [6, 6.07) is 11.9. The molecule has 0 saturated carbocycles. The number of benzene rings is 1. The Balaban J connectivity index is 1.40. The predicted molar refractivity (Wildman–Crippen MR) is 157 cm³/mol. The smallest absolute Gasteiger partial charge is 0.452 e. The molecular weight excluding hydrogens is 615 g/mol. The highest BCUT2D eigenvalue weighted by atomic mass is 32.3. The molecule has 1 aromatic carbocycles. The molecule has 15 heteroatoms. The molecule has 0 amide bonds. The van der Waals surface area contributed by atoms with Crippen LogP contribution in [0.4, 0.5) is 13.2 Å². The average Bonchev–Trinajstić information content (AvgIpc) is 3.38. The molecule has 1 saturated heterocycles. The van der Waals surface area contributed by atoms with E-state index in [2.05, 4.69) is 10.2 Å². The van der Waals surface area contributed by atoms with Crippen molar-refractivity contribution in [3.63, 3.8) is 0 Å². The minimum absolute atomic E-state index is 0.00575. The van der Waals surface area contributed by atoms with Crippen LogP contribution in [-0.4, -0.2) is 70.9 Å². The number of carbonyl (C=O) groups is 1. The molecule has 6 rings (SSSR count). The van der Waals surface area contributed by atoms with Gasteiger partial charge in [0, 0.05) is 17.8 Å². The number of pyridine rings is 2. The summed E-state index contributed by atoms with van der Waals surface area (Å²) in [5, 5.41) is 7.14. The first-order chi connectivity index (χ1) is 21.3. The molecule has 3 aromatic heterocycles. The van der Waals surface area contributed by atoms with E-state index in [0.717, 1.165) is 9.96 Å². The topological polar surface area (TPSA) is 132 Å². The van der Waals surface area contributed by atoms with Gasteiger partial charge in [-0.1, -0.05) is 18.2 Å². The van der Waals surface area contributed by atoms with E-state index >= 15 is 0 Å². The Kier molecular flexibility index (Phi) is 8.02. The van der Waals surface area contributed by atoms with Gasteiger partial charge in [-0.05, 0) is 61.7 Å². The Hall–Kier alpha value is -3.76. The zero-order chi connectivity index (χ0) is 32.1. The van der Waals surface area contributed by atoms with E-state index in [1.54, 1.807) is 48.5 Å². The number of aryl methyl sites for hydroxylation is 2. The van der Waals surface area contributed by atoms with E-state index in [1.807, 2.05) is 13.0 Å². The Bertz CT molecular complexity index is 1760. The Morgan fingerprint density at radius 2 is 1.89 bits per heavy atom. The van der Waals surface area contributed by atoms with Crippen molar-refractivity contribution >= 4 is 22.4 Å². The summed E-state index contributed by atoms with van der Waals surface area (Å²) in [5.74, 6) is -1.99. The number of alkyl halides is 3. The van der Waals surface area contributed by atoms with Gasteiger partial charge in [0.25, 0.3) is 0 Å². The summed E-state index contributed by atoms with van der Waals surface area (Å²) in [7, 11) is -3.51. The van der Waals surface area contributed by atoms with Gasteiger partial charge in [-0.15, -0.1) is 21.0 Å². The van der Waals surface area contributed by atoms with Gasteiger partial charge in [0.05, 0.1) is 45.0 Å². The van der Waals surface area contributed by atoms with E-state index in [1.165, 1.54) is 12.3 Å². The number of carbonyl (C=O) groups excluding carboxylic acids is 1. The molecule has 1 fully saturated rings. The number of halogens is 3. The van der Waals surface area contributed by atoms with Crippen LogP contribution in [0.3, 0.4) is 0 Å². The van der Waals surface area contributed by atoms with E-state index in [4.69, 9.17) is 19.2 Å². The third-order valence-electron chi connectivity index (χ3n) is 8.10. The lowest BCUT2D eigenvalue weighted by Crippen LogP contribution is -2.60. The highest BCUT2D eigenvalue weighted by Crippen LogP contribution is 2.59. The van der Waals surface area contributed by atoms with E-state index in [0.29, 0.717) is 28.3 Å². The third kappa shape index (κ3) is 5.74. The van der Waals surface area contributed by atoms with E-state index in [-0.39, 0.29) is 49.9 Å². The fraction of sp³-hybridized carbons (Fsp3) is 0.400. The number of para-hydroxylation sites is 1. The van der Waals surface area contributed by atoms with Gasteiger partial charge >= 0.3 is 12.1 Å². The minimum atomic E-state index is -4.70. The van der Waals surface area contributed by atoms with Crippen LogP contribution >= 0.6 is 10.8 Å². The van der Waals surface area contributed by atoms with Gasteiger partial charge in [-0.3, -0.25) is 23.3 Å². The number of aromatic nitrogens is 4. The van der Waals surface area contributed by atoms with Crippen LogP contribution < -0.4 is 4.74 Å². The van der Waals surface area contributed by atoms with Crippen LogP contribution in [0.1, 0.15) is 53.2 Å². The van der Waals surface area contributed by atoms with Crippen LogP contribution in [0.15, 0.2) is 53.6 Å². The quantitative estimate of drug-likeness (QED) is 0.247. The molecule has 4 aromatic rings. The summed E-state index contributed by atoms with van der Waals surface area (Å²) in [5.41, 5.74) is 1.92. The lowest BCUT2D eigenvalue weighted by atomic mass is 9.89. The second kappa shape index (κ2) is 11.6. The van der Waals surface area contributed by atoms with E-state index < -0.39 is 40.3 Å². The van der Waals surface area contributed by atoms with Crippen LogP contribution in [0, 0.1) is 13.8 Å². The highest BCUT2D eigenvalue weighted by Gasteiger charge is 2.49. The van der Waals surface area contributed by atoms with Crippen molar-refractivity contribution in [3.8, 4) is 5.75 Å². The van der Waals surface area contributed by atoms with Crippen molar-refractivity contribution in [1.29, 1.82) is 0 Å². The summed E-state index contributed by atoms with van der Waals surface area (Å²) in [6.07, 6.45) is -3.61. The summed E-state index contributed by atoms with van der Waals surface area (Å²) < 4.78 is 83.1. The molecule has 0 bridgehead atoms. The molecule has 1 atom stereocenters. The molecule has 1 spiro atoms. The molecule has 0 aliphatic carbocycles. The second-order valence-electron chi connectivity index (χ2n) is 11.2. The SMILES string of the molecule is CCOC(=O)CC(c1ccc(C)c(CN2CC3(COC3)Oc3ccccc3S2(O)O)n1)c1ccn2c(C(F)(F)F)nnc2c1C. The molecular formula is C30H32F3N5O6S. The van der Waals surface area contributed by atoms with Gasteiger partial charge in [-0.2, -0.15) is 17.5 Å². The Morgan fingerprint density at radius 3 is 2.58 bits per heavy atom. The van der Waals surface area contributed by atoms with Crippen molar-refractivity contribution in [1.82, 2.24) is 23.9 Å². The van der Waals surface area contributed by atoms with Gasteiger partial charge in [0.2, 0.25) is 5.82 Å². The van der Waals surface area contributed by atoms with Crippen molar-refractivity contribution in [3.05, 3.63) is 82.6 Å². The third-order valence-corrected chi connectivity index (χ3v) is 10.0. The largest absolute Gasteiger partial charge is 0.479 e.